The van der Waals surface area contributed by atoms with Gasteiger partial charge in [-0.3, -0.25) is 49.8 Å². The summed E-state index contributed by atoms with van der Waals surface area (Å²) in [6, 6.07) is 43.9. The quantitative estimate of drug-likeness (QED) is 0.0287. The third-order valence-corrected chi connectivity index (χ3v) is 22.0. The van der Waals surface area contributed by atoms with E-state index in [1.165, 1.54) is 13.2 Å². The SMILES string of the molecule is COc1c(C#N)ccc2n[nH]c(/C=C/c3cccs3)c12.COc1c(C(=O)NC2CC2)ccc2n[nH]c(/C=C/c3cccnc3)c12.COc1c(C(=O)NC2CC2)ccc2n[nH]c(/C=C/c3cccs3)c12.COc1c(C(=O)NCc2cccs2)ccc2n[nH]c(/C=C/c3cccnc3)c12.COc1c(C(=O)O)ccc2n[nH]c(/C=C/c3cccs3)c12. The number of aromatic nitrogens is 12. The van der Waals surface area contributed by atoms with Crippen LogP contribution in [0.2, 0.25) is 0 Å². The number of methoxy groups -OCH3 is 5. The maximum absolute atomic E-state index is 12.7. The number of amides is 3. The predicted molar refractivity (Wildman–Crippen MR) is 467 cm³/mol. The van der Waals surface area contributed by atoms with Crippen LogP contribution in [0.5, 0.6) is 28.7 Å². The maximum atomic E-state index is 12.7. The molecular weight excluding hydrogens is 1570 g/mol. The van der Waals surface area contributed by atoms with Gasteiger partial charge in [0.2, 0.25) is 0 Å². The zero-order valence-corrected chi connectivity index (χ0v) is 67.4. The van der Waals surface area contributed by atoms with E-state index in [0.717, 1.165) is 128 Å². The number of carbonyl (C=O) groups is 4. The van der Waals surface area contributed by atoms with Crippen molar-refractivity contribution in [1.82, 2.24) is 76.9 Å². The number of fused-ring (bicyclic) bond motifs is 5. The first-order valence-corrected chi connectivity index (χ1v) is 40.5. The number of aromatic carboxylic acids is 1. The van der Waals surface area contributed by atoms with Crippen molar-refractivity contribution in [3.8, 4) is 34.8 Å². The second-order valence-electron chi connectivity index (χ2n) is 26.3. The van der Waals surface area contributed by atoms with E-state index in [1.54, 1.807) is 129 Å². The molecule has 0 atom stereocenters. The Kier molecular flexibility index (Phi) is 26.0. The fraction of sp³-hybridized carbons (Fsp3) is 0.136. The Morgan fingerprint density at radius 3 is 1.08 bits per heavy atom. The van der Waals surface area contributed by atoms with Crippen LogP contribution in [0.3, 0.4) is 0 Å². The summed E-state index contributed by atoms with van der Waals surface area (Å²) in [7, 11) is 7.75. The Bertz CT molecular complexity index is 6390. The number of carboxylic acid groups (broad SMARTS) is 1. The molecule has 2 aliphatic carbocycles. The van der Waals surface area contributed by atoms with Crippen molar-refractivity contribution in [3.05, 3.63) is 267 Å². The number of rotatable bonds is 23. The van der Waals surface area contributed by atoms with Crippen molar-refractivity contribution in [2.45, 2.75) is 44.3 Å². The highest BCUT2D eigenvalue weighted by molar-refractivity contribution is 7.11. The van der Waals surface area contributed by atoms with Crippen LogP contribution in [0, 0.1) is 11.3 Å². The molecule has 2 aliphatic rings. The summed E-state index contributed by atoms with van der Waals surface area (Å²) < 4.78 is 27.4. The highest BCUT2D eigenvalue weighted by atomic mass is 32.1. The van der Waals surface area contributed by atoms with E-state index in [0.29, 0.717) is 80.5 Å². The minimum atomic E-state index is -1.02. The van der Waals surface area contributed by atoms with Gasteiger partial charge in [-0.25, -0.2) is 4.79 Å². The van der Waals surface area contributed by atoms with Gasteiger partial charge in [0.05, 0.1) is 147 Å². The lowest BCUT2D eigenvalue weighted by Gasteiger charge is -2.10. The molecule has 2 fully saturated rings. The Balaban J connectivity index is 0.000000122. The molecular formula is C88H76N16O10S4. The van der Waals surface area contributed by atoms with E-state index in [-0.39, 0.29) is 23.3 Å². The predicted octanol–water partition coefficient (Wildman–Crippen LogP) is 18.0. The monoisotopic (exact) mass is 1640 g/mol. The number of thiophene rings is 4. The molecule has 0 spiro atoms. The second kappa shape index (κ2) is 38.2. The molecule has 5 aromatic carbocycles. The molecule has 0 radical (unpaired) electrons. The number of carboxylic acids is 1. The minimum absolute atomic E-state index is 0.0920. The number of benzene rings is 5. The molecule has 3 amide bonds. The third-order valence-electron chi connectivity index (χ3n) is 18.6. The zero-order valence-electron chi connectivity index (χ0n) is 64.1. The van der Waals surface area contributed by atoms with E-state index < -0.39 is 5.97 Å². The number of nitrogens with zero attached hydrogens (tertiary/aromatic N) is 8. The topological polar surface area (TPSA) is 364 Å². The first kappa shape index (κ1) is 80.2. The summed E-state index contributed by atoms with van der Waals surface area (Å²) in [5, 5.41) is 75.6. The molecule has 30 heteroatoms. The number of nitriles is 1. The van der Waals surface area contributed by atoms with E-state index >= 15 is 0 Å². The fourth-order valence-corrected chi connectivity index (χ4v) is 15.1. The summed E-state index contributed by atoms with van der Waals surface area (Å²) in [6.45, 7) is 0.483. The Hall–Kier alpha value is -14.4. The average molecular weight is 1650 g/mol. The smallest absolute Gasteiger partial charge is 0.339 e. The summed E-state index contributed by atoms with van der Waals surface area (Å²) in [5.41, 5.74) is 11.8. The number of hydrogen-bond donors (Lipinski definition) is 9. The van der Waals surface area contributed by atoms with Crippen molar-refractivity contribution >= 4 is 184 Å². The summed E-state index contributed by atoms with van der Waals surface area (Å²) in [4.78, 5) is 61.7. The van der Waals surface area contributed by atoms with Gasteiger partial charge in [0.25, 0.3) is 17.7 Å². The lowest BCUT2D eigenvalue weighted by Crippen LogP contribution is -2.25. The molecule has 9 N–H and O–H groups in total. The molecule has 11 aromatic heterocycles. The molecule has 0 saturated heterocycles. The summed E-state index contributed by atoms with van der Waals surface area (Å²) >= 11 is 6.56. The van der Waals surface area contributed by atoms with Crippen LogP contribution in [0.15, 0.2) is 180 Å². The lowest BCUT2D eigenvalue weighted by molar-refractivity contribution is 0.0692. The lowest BCUT2D eigenvalue weighted by atomic mass is 10.1. The second-order valence-corrected chi connectivity index (χ2v) is 30.3. The number of ether oxygens (including phenoxy) is 5. The largest absolute Gasteiger partial charge is 0.495 e. The number of pyridine rings is 2. The van der Waals surface area contributed by atoms with Gasteiger partial charge in [0.15, 0.2) is 0 Å². The van der Waals surface area contributed by atoms with E-state index in [9.17, 15) is 24.3 Å². The van der Waals surface area contributed by atoms with Crippen molar-refractivity contribution in [3.63, 3.8) is 0 Å². The highest BCUT2D eigenvalue weighted by Crippen LogP contribution is 2.39. The maximum Gasteiger partial charge on any atom is 0.339 e. The van der Waals surface area contributed by atoms with Gasteiger partial charge < -0.3 is 44.7 Å². The van der Waals surface area contributed by atoms with Gasteiger partial charge in [-0.05, 0) is 204 Å². The fourth-order valence-electron chi connectivity index (χ4n) is 12.6. The van der Waals surface area contributed by atoms with Crippen LogP contribution in [-0.2, 0) is 6.54 Å². The summed E-state index contributed by atoms with van der Waals surface area (Å²) in [5.74, 6) is 1.07. The van der Waals surface area contributed by atoms with E-state index in [4.69, 9.17) is 28.9 Å². The van der Waals surface area contributed by atoms with Crippen LogP contribution in [0.25, 0.3) is 115 Å². The van der Waals surface area contributed by atoms with Gasteiger partial charge in [0, 0.05) is 56.4 Å². The molecule has 18 rings (SSSR count). The number of nitrogens with one attached hydrogen (secondary N) is 8. The molecule has 0 aliphatic heterocycles. The van der Waals surface area contributed by atoms with Crippen molar-refractivity contribution in [1.29, 1.82) is 5.26 Å². The molecule has 592 valence electrons. The highest BCUT2D eigenvalue weighted by Gasteiger charge is 2.29. The Morgan fingerprint density at radius 1 is 0.415 bits per heavy atom. The first-order valence-electron chi connectivity index (χ1n) is 36.9. The number of carbonyl (C=O) groups excluding carboxylic acids is 3. The van der Waals surface area contributed by atoms with Crippen LogP contribution in [0.4, 0.5) is 0 Å². The third kappa shape index (κ3) is 19.2. The van der Waals surface area contributed by atoms with E-state index in [1.807, 2.05) is 179 Å². The number of aromatic amines is 5. The van der Waals surface area contributed by atoms with Gasteiger partial charge >= 0.3 is 5.97 Å². The van der Waals surface area contributed by atoms with Crippen LogP contribution >= 0.6 is 45.3 Å². The Morgan fingerprint density at radius 2 is 0.754 bits per heavy atom. The van der Waals surface area contributed by atoms with Crippen LogP contribution in [-0.4, -0.2) is 137 Å². The van der Waals surface area contributed by atoms with Gasteiger partial charge in [-0.2, -0.15) is 30.8 Å². The van der Waals surface area contributed by atoms with Crippen molar-refractivity contribution in [2.24, 2.45) is 0 Å². The summed E-state index contributed by atoms with van der Waals surface area (Å²) in [6.07, 6.45) is 30.7. The molecule has 11 heterocycles. The number of H-pyrrole nitrogens is 5. The number of hydrogen-bond acceptors (Lipinski definition) is 21. The average Bonchev–Trinajstić information content (AvgIpc) is 1.66. The van der Waals surface area contributed by atoms with Crippen molar-refractivity contribution < 1.29 is 48.0 Å². The molecule has 26 nitrogen and oxygen atoms in total. The van der Waals surface area contributed by atoms with Gasteiger partial charge in [-0.1, -0.05) is 48.6 Å². The van der Waals surface area contributed by atoms with Crippen LogP contribution < -0.4 is 39.6 Å². The molecule has 118 heavy (non-hydrogen) atoms. The molecule has 0 unspecified atom stereocenters. The minimum Gasteiger partial charge on any atom is -0.495 e. The van der Waals surface area contributed by atoms with Gasteiger partial charge in [-0.15, -0.1) is 45.3 Å². The zero-order chi connectivity index (χ0) is 81.9. The molecule has 0 bridgehead atoms. The normalized spacial score (nSPS) is 12.4. The van der Waals surface area contributed by atoms with Crippen molar-refractivity contribution in [2.75, 3.05) is 35.5 Å². The molecule has 2 saturated carbocycles. The molecule has 16 aromatic rings. The van der Waals surface area contributed by atoms with Gasteiger partial charge in [0.1, 0.15) is 40.4 Å². The standard InChI is InChI=1S/C21H18N4O2S.C19H18N4O2.C18H17N3O2S.C15H11N3OS.C15H12N2O3S/c1-27-20-16(21(26)23-13-15-5-3-11-28-15)7-9-18-19(20)17(24-25-18)8-6-14-4-2-10-22-12-14;1-25-18-14(19(24)21-13-5-6-13)7-9-16-17(18)15(22-23-16)8-4-12-3-2-10-20-11-12;1-23-17-13(18(22)19-11-4-5-11)7-9-15-16(17)14(20-21-15)8-6-12-3-2-10-24-12;1-19-15-10(9-16)4-6-12-14(15)13(18-17-12)7-5-11-3-2-8-20-11;1-20-14-10(15(18)19)5-7-12-13(14)11(16-17-12)6-4-9-3-2-8-21-9/h2-12H,13H2,1H3,(H,23,26)(H,24,25);2-4,7-11,13H,5-6H2,1H3,(H,21,24)(H,22,23);2-3,6-11H,4-5H2,1H3,(H,19,22)(H,20,21);2-8H,1H3,(H,17,18);2-8H,1H3,(H,16,17)(H,18,19)/b8-6+;8-4+;8-6+;7-5+;6-4+. The first-order chi connectivity index (χ1) is 57.8. The van der Waals surface area contributed by atoms with Crippen LogP contribution in [0.1, 0.15) is 132 Å². The van der Waals surface area contributed by atoms with E-state index in [2.05, 4.69) is 83.0 Å². The Labute approximate surface area is 691 Å².